The minimum absolute atomic E-state index is 0.0484. The molecule has 0 aromatic heterocycles. The molecule has 4 rings (SSSR count). The standard InChI is InChI=1S/C23H29FN4O4/c1-15(2)19(29)26-11-8-23(9-12-26)21(31)28(22(32)25-23)18-7-4-10-27(14-18)20(30)16-5-3-6-17(24)13-16/h3,5-6,13,15,18H,4,7-12,14H2,1-2H3,(H,25,32)/t18-/m0/s1. The molecule has 8 nitrogen and oxygen atoms in total. The van der Waals surface area contributed by atoms with Gasteiger partial charge >= 0.3 is 6.03 Å². The average molecular weight is 445 g/mol. The number of rotatable bonds is 3. The minimum Gasteiger partial charge on any atom is -0.342 e. The maximum atomic E-state index is 13.5. The number of hydrogen-bond acceptors (Lipinski definition) is 4. The van der Waals surface area contributed by atoms with Crippen molar-refractivity contribution in [2.45, 2.75) is 51.1 Å². The molecule has 3 fully saturated rings. The zero-order valence-corrected chi connectivity index (χ0v) is 18.5. The molecular weight excluding hydrogens is 415 g/mol. The Bertz CT molecular complexity index is 942. The summed E-state index contributed by atoms with van der Waals surface area (Å²) in [4.78, 5) is 55.9. The quantitative estimate of drug-likeness (QED) is 0.722. The molecule has 0 saturated carbocycles. The van der Waals surface area contributed by atoms with E-state index in [1.807, 2.05) is 13.8 Å². The molecule has 172 valence electrons. The summed E-state index contributed by atoms with van der Waals surface area (Å²) in [5.74, 6) is -1.13. The molecule has 9 heteroatoms. The van der Waals surface area contributed by atoms with Crippen LogP contribution in [0.2, 0.25) is 0 Å². The van der Waals surface area contributed by atoms with Crippen molar-refractivity contribution in [1.29, 1.82) is 0 Å². The maximum Gasteiger partial charge on any atom is 0.325 e. The van der Waals surface area contributed by atoms with Gasteiger partial charge in [-0.15, -0.1) is 0 Å². The molecule has 5 amide bonds. The predicted molar refractivity (Wildman–Crippen MR) is 114 cm³/mol. The number of amides is 5. The van der Waals surface area contributed by atoms with Crippen molar-refractivity contribution in [2.24, 2.45) is 5.92 Å². The van der Waals surface area contributed by atoms with Gasteiger partial charge in [-0.05, 0) is 43.9 Å². The van der Waals surface area contributed by atoms with E-state index in [9.17, 15) is 23.6 Å². The van der Waals surface area contributed by atoms with Crippen LogP contribution in [0.1, 0.15) is 49.9 Å². The van der Waals surface area contributed by atoms with Crippen LogP contribution in [0.15, 0.2) is 24.3 Å². The van der Waals surface area contributed by atoms with Crippen LogP contribution in [-0.4, -0.2) is 76.2 Å². The van der Waals surface area contributed by atoms with Crippen LogP contribution in [0.3, 0.4) is 0 Å². The number of urea groups is 1. The van der Waals surface area contributed by atoms with Gasteiger partial charge in [0, 0.05) is 37.7 Å². The summed E-state index contributed by atoms with van der Waals surface area (Å²) in [7, 11) is 0. The van der Waals surface area contributed by atoms with Crippen molar-refractivity contribution in [2.75, 3.05) is 26.2 Å². The van der Waals surface area contributed by atoms with E-state index in [0.29, 0.717) is 45.3 Å². The SMILES string of the molecule is CC(C)C(=O)N1CCC2(CC1)NC(=O)N([C@H]1CCCN(C(=O)c3cccc(F)c3)C1)C2=O. The minimum atomic E-state index is -0.986. The van der Waals surface area contributed by atoms with Crippen LogP contribution in [0, 0.1) is 11.7 Å². The monoisotopic (exact) mass is 444 g/mol. The normalized spacial score (nSPS) is 23.1. The molecule has 32 heavy (non-hydrogen) atoms. The Hall–Kier alpha value is -2.97. The van der Waals surface area contributed by atoms with Crippen LogP contribution in [0.4, 0.5) is 9.18 Å². The number of imide groups is 1. The molecule has 3 saturated heterocycles. The first-order valence-corrected chi connectivity index (χ1v) is 11.2. The number of carbonyl (C=O) groups excluding carboxylic acids is 4. The average Bonchev–Trinajstić information content (AvgIpc) is 3.02. The highest BCUT2D eigenvalue weighted by Gasteiger charge is 2.55. The van der Waals surface area contributed by atoms with Crippen LogP contribution in [-0.2, 0) is 9.59 Å². The van der Waals surface area contributed by atoms with Crippen molar-refractivity contribution < 1.29 is 23.6 Å². The molecule has 1 aromatic rings. The molecule has 3 heterocycles. The van der Waals surface area contributed by atoms with Crippen molar-refractivity contribution >= 4 is 23.8 Å². The van der Waals surface area contributed by atoms with Crippen LogP contribution < -0.4 is 5.32 Å². The highest BCUT2D eigenvalue weighted by atomic mass is 19.1. The third-order valence-electron chi connectivity index (χ3n) is 6.74. The molecule has 1 N–H and O–H groups in total. The summed E-state index contributed by atoms with van der Waals surface area (Å²) in [5, 5.41) is 2.88. The Morgan fingerprint density at radius 2 is 1.84 bits per heavy atom. The largest absolute Gasteiger partial charge is 0.342 e. The summed E-state index contributed by atoms with van der Waals surface area (Å²) in [6, 6.07) is 4.65. The van der Waals surface area contributed by atoms with Gasteiger partial charge in [0.2, 0.25) is 5.91 Å². The first kappa shape index (κ1) is 22.2. The second-order valence-electron chi connectivity index (χ2n) is 9.22. The van der Waals surface area contributed by atoms with Gasteiger partial charge in [-0.2, -0.15) is 0 Å². The number of piperidine rings is 2. The van der Waals surface area contributed by atoms with E-state index in [-0.39, 0.29) is 35.7 Å². The maximum absolute atomic E-state index is 13.5. The van der Waals surface area contributed by atoms with Crippen LogP contribution in [0.25, 0.3) is 0 Å². The van der Waals surface area contributed by atoms with E-state index in [1.165, 1.54) is 23.1 Å². The lowest BCUT2D eigenvalue weighted by Gasteiger charge is -2.39. The first-order chi connectivity index (χ1) is 15.2. The van der Waals surface area contributed by atoms with E-state index in [2.05, 4.69) is 5.32 Å². The van der Waals surface area contributed by atoms with E-state index in [1.54, 1.807) is 15.9 Å². The molecule has 1 aromatic carbocycles. The summed E-state index contributed by atoms with van der Waals surface area (Å²) in [5.41, 5.74) is -0.735. The highest BCUT2D eigenvalue weighted by Crippen LogP contribution is 2.33. The van der Waals surface area contributed by atoms with Gasteiger partial charge in [-0.1, -0.05) is 19.9 Å². The number of carbonyl (C=O) groups is 4. The van der Waals surface area contributed by atoms with E-state index >= 15 is 0 Å². The number of halogens is 1. The number of likely N-dealkylation sites (tertiary alicyclic amines) is 2. The number of hydrogen-bond donors (Lipinski definition) is 1. The molecule has 0 bridgehead atoms. The van der Waals surface area contributed by atoms with Gasteiger partial charge in [0.1, 0.15) is 11.4 Å². The van der Waals surface area contributed by atoms with Gasteiger partial charge in [0.25, 0.3) is 11.8 Å². The summed E-state index contributed by atoms with van der Waals surface area (Å²) >= 11 is 0. The fourth-order valence-electron chi connectivity index (χ4n) is 4.94. The van der Waals surface area contributed by atoms with Crippen LogP contribution in [0.5, 0.6) is 0 Å². The van der Waals surface area contributed by atoms with Gasteiger partial charge in [-0.25, -0.2) is 9.18 Å². The first-order valence-electron chi connectivity index (χ1n) is 11.2. The molecule has 3 aliphatic rings. The lowest BCUT2D eigenvalue weighted by Crippen LogP contribution is -2.57. The highest BCUT2D eigenvalue weighted by molar-refractivity contribution is 6.07. The Labute approximate surface area is 186 Å². The van der Waals surface area contributed by atoms with Crippen LogP contribution >= 0.6 is 0 Å². The third-order valence-corrected chi connectivity index (χ3v) is 6.74. The van der Waals surface area contributed by atoms with E-state index in [0.717, 1.165) is 0 Å². The molecule has 0 unspecified atom stereocenters. The Morgan fingerprint density at radius 1 is 1.12 bits per heavy atom. The topological polar surface area (TPSA) is 90.0 Å². The molecule has 3 aliphatic heterocycles. The summed E-state index contributed by atoms with van der Waals surface area (Å²) in [6.07, 6.45) is 2.02. The number of nitrogens with zero attached hydrogens (tertiary/aromatic N) is 3. The van der Waals surface area contributed by atoms with E-state index < -0.39 is 23.4 Å². The molecule has 0 radical (unpaired) electrons. The Kier molecular flexibility index (Phi) is 5.92. The van der Waals surface area contributed by atoms with Crippen molar-refractivity contribution in [3.8, 4) is 0 Å². The molecule has 1 spiro atoms. The lowest BCUT2D eigenvalue weighted by molar-refractivity contribution is -0.141. The zero-order valence-electron chi connectivity index (χ0n) is 18.5. The zero-order chi connectivity index (χ0) is 23.0. The van der Waals surface area contributed by atoms with Crippen molar-refractivity contribution in [3.63, 3.8) is 0 Å². The Morgan fingerprint density at radius 3 is 2.50 bits per heavy atom. The van der Waals surface area contributed by atoms with Gasteiger partial charge in [0.15, 0.2) is 0 Å². The fraction of sp³-hybridized carbons (Fsp3) is 0.565. The van der Waals surface area contributed by atoms with Crippen molar-refractivity contribution in [3.05, 3.63) is 35.6 Å². The van der Waals surface area contributed by atoms with E-state index in [4.69, 9.17) is 0 Å². The predicted octanol–water partition coefficient (Wildman–Crippen LogP) is 2.00. The third kappa shape index (κ3) is 3.96. The van der Waals surface area contributed by atoms with Gasteiger partial charge in [0.05, 0.1) is 6.04 Å². The second-order valence-corrected chi connectivity index (χ2v) is 9.22. The Balaban J connectivity index is 1.45. The van der Waals surface area contributed by atoms with Gasteiger partial charge in [-0.3, -0.25) is 19.3 Å². The fourth-order valence-corrected chi connectivity index (χ4v) is 4.94. The molecular formula is C23H29FN4O4. The van der Waals surface area contributed by atoms with Crippen molar-refractivity contribution in [1.82, 2.24) is 20.0 Å². The van der Waals surface area contributed by atoms with Gasteiger partial charge < -0.3 is 15.1 Å². The second kappa shape index (κ2) is 8.52. The molecule has 1 atom stereocenters. The summed E-state index contributed by atoms with van der Waals surface area (Å²) < 4.78 is 13.5. The molecule has 0 aliphatic carbocycles. The summed E-state index contributed by atoms with van der Waals surface area (Å²) in [6.45, 7) is 5.25. The number of nitrogens with one attached hydrogen (secondary N) is 1. The lowest BCUT2D eigenvalue weighted by atomic mass is 9.86. The smallest absolute Gasteiger partial charge is 0.325 e. The number of benzene rings is 1.